The fourth-order valence-electron chi connectivity index (χ4n) is 1.89. The molecule has 0 aliphatic heterocycles. The van der Waals surface area contributed by atoms with Crippen molar-refractivity contribution in [1.82, 2.24) is 5.43 Å². The summed E-state index contributed by atoms with van der Waals surface area (Å²) in [6.07, 6.45) is 0.993. The molecule has 4 heteroatoms. The first kappa shape index (κ1) is 14.0. The zero-order chi connectivity index (χ0) is 12.7. The largest absolute Gasteiger partial charge is 0.497 e. The van der Waals surface area contributed by atoms with E-state index in [1.807, 2.05) is 31.2 Å². The Morgan fingerprint density at radius 1 is 1.24 bits per heavy atom. The van der Waals surface area contributed by atoms with Gasteiger partial charge in [0.15, 0.2) is 0 Å². The molecule has 0 radical (unpaired) electrons. The normalized spacial score (nSPS) is 14.4. The zero-order valence-corrected chi connectivity index (χ0v) is 10.8. The summed E-state index contributed by atoms with van der Waals surface area (Å²) in [6, 6.07) is 7.87. The lowest BCUT2D eigenvalue weighted by Crippen LogP contribution is -2.37. The number of hydrazine groups is 1. The van der Waals surface area contributed by atoms with E-state index in [1.165, 1.54) is 0 Å². The number of nitrogens with one attached hydrogen (secondary N) is 1. The first-order chi connectivity index (χ1) is 8.26. The lowest BCUT2D eigenvalue weighted by atomic mass is 10.00. The lowest BCUT2D eigenvalue weighted by Gasteiger charge is -2.25. The van der Waals surface area contributed by atoms with Gasteiger partial charge in [-0.15, -0.1) is 0 Å². The van der Waals surface area contributed by atoms with Crippen molar-refractivity contribution >= 4 is 0 Å². The quantitative estimate of drug-likeness (QED) is 0.563. The molecule has 4 nitrogen and oxygen atoms in total. The predicted molar refractivity (Wildman–Crippen MR) is 68.8 cm³/mol. The third-order valence-corrected chi connectivity index (χ3v) is 2.81. The van der Waals surface area contributed by atoms with Gasteiger partial charge in [0.2, 0.25) is 0 Å². The Morgan fingerprint density at radius 3 is 2.29 bits per heavy atom. The van der Waals surface area contributed by atoms with Crippen LogP contribution in [0, 0.1) is 0 Å². The van der Waals surface area contributed by atoms with Crippen molar-refractivity contribution in [2.24, 2.45) is 5.84 Å². The summed E-state index contributed by atoms with van der Waals surface area (Å²) in [4.78, 5) is 0. The Balaban J connectivity index is 2.83. The molecule has 1 aromatic carbocycles. The van der Waals surface area contributed by atoms with Crippen LogP contribution in [0.1, 0.15) is 31.9 Å². The molecule has 17 heavy (non-hydrogen) atoms. The molecule has 0 amide bonds. The third kappa shape index (κ3) is 3.70. The monoisotopic (exact) mass is 238 g/mol. The zero-order valence-electron chi connectivity index (χ0n) is 10.8. The number of rotatable bonds is 7. The molecule has 0 saturated carbocycles. The van der Waals surface area contributed by atoms with Crippen LogP contribution < -0.4 is 16.0 Å². The van der Waals surface area contributed by atoms with Crippen LogP contribution in [0.4, 0.5) is 0 Å². The maximum absolute atomic E-state index is 5.68. The Bertz CT molecular complexity index is 314. The van der Waals surface area contributed by atoms with Gasteiger partial charge >= 0.3 is 0 Å². The van der Waals surface area contributed by atoms with E-state index in [1.54, 1.807) is 7.11 Å². The van der Waals surface area contributed by atoms with E-state index in [9.17, 15) is 0 Å². The Kier molecular flexibility index (Phi) is 5.97. The Labute approximate surface area is 103 Å². The van der Waals surface area contributed by atoms with Crippen molar-refractivity contribution in [1.29, 1.82) is 0 Å². The van der Waals surface area contributed by atoms with Gasteiger partial charge in [0.25, 0.3) is 0 Å². The maximum atomic E-state index is 5.68. The Morgan fingerprint density at radius 2 is 1.88 bits per heavy atom. The molecule has 0 aliphatic rings. The van der Waals surface area contributed by atoms with Crippen LogP contribution in [0.2, 0.25) is 0 Å². The van der Waals surface area contributed by atoms with Crippen LogP contribution in [0.5, 0.6) is 5.75 Å². The molecule has 2 unspecified atom stereocenters. The van der Waals surface area contributed by atoms with E-state index in [0.717, 1.165) is 17.7 Å². The average Bonchev–Trinajstić information content (AvgIpc) is 2.39. The summed E-state index contributed by atoms with van der Waals surface area (Å²) < 4.78 is 10.8. The van der Waals surface area contributed by atoms with E-state index in [0.29, 0.717) is 6.61 Å². The van der Waals surface area contributed by atoms with Crippen LogP contribution in [0.25, 0.3) is 0 Å². The number of ether oxygens (including phenoxy) is 2. The van der Waals surface area contributed by atoms with Crippen LogP contribution in [-0.2, 0) is 4.74 Å². The van der Waals surface area contributed by atoms with Gasteiger partial charge in [-0.1, -0.05) is 19.1 Å². The third-order valence-electron chi connectivity index (χ3n) is 2.81. The van der Waals surface area contributed by atoms with E-state index >= 15 is 0 Å². The molecule has 3 N–H and O–H groups in total. The van der Waals surface area contributed by atoms with Crippen molar-refractivity contribution < 1.29 is 9.47 Å². The highest BCUT2D eigenvalue weighted by Gasteiger charge is 2.20. The highest BCUT2D eigenvalue weighted by Crippen LogP contribution is 2.23. The molecule has 1 aromatic rings. The minimum Gasteiger partial charge on any atom is -0.497 e. The van der Waals surface area contributed by atoms with Crippen LogP contribution in [0.3, 0.4) is 0 Å². The topological polar surface area (TPSA) is 56.5 Å². The lowest BCUT2D eigenvalue weighted by molar-refractivity contribution is 0.0314. The fourth-order valence-corrected chi connectivity index (χ4v) is 1.89. The van der Waals surface area contributed by atoms with E-state index in [4.69, 9.17) is 15.3 Å². The summed E-state index contributed by atoms with van der Waals surface area (Å²) in [5, 5.41) is 0. The van der Waals surface area contributed by atoms with Crippen LogP contribution in [-0.4, -0.2) is 19.8 Å². The SMILES string of the molecule is CCOC(CC)C(NN)c1ccc(OC)cc1. The van der Waals surface area contributed by atoms with Gasteiger partial charge in [0, 0.05) is 6.61 Å². The van der Waals surface area contributed by atoms with Gasteiger partial charge in [-0.05, 0) is 31.0 Å². The molecular weight excluding hydrogens is 216 g/mol. The van der Waals surface area contributed by atoms with Crippen molar-refractivity contribution in [3.05, 3.63) is 29.8 Å². The van der Waals surface area contributed by atoms with Gasteiger partial charge in [0.05, 0.1) is 19.3 Å². The van der Waals surface area contributed by atoms with E-state index < -0.39 is 0 Å². The summed E-state index contributed by atoms with van der Waals surface area (Å²) >= 11 is 0. The predicted octanol–water partition coefficient (Wildman–Crippen LogP) is 2.01. The summed E-state index contributed by atoms with van der Waals surface area (Å²) in [5.41, 5.74) is 3.93. The molecule has 0 aliphatic carbocycles. The summed E-state index contributed by atoms with van der Waals surface area (Å²) in [6.45, 7) is 4.77. The van der Waals surface area contributed by atoms with Crippen molar-refractivity contribution in [2.75, 3.05) is 13.7 Å². The smallest absolute Gasteiger partial charge is 0.118 e. The second-order valence-corrected chi connectivity index (χ2v) is 3.82. The second kappa shape index (κ2) is 7.27. The van der Waals surface area contributed by atoms with Crippen LogP contribution >= 0.6 is 0 Å². The highest BCUT2D eigenvalue weighted by atomic mass is 16.5. The average molecular weight is 238 g/mol. The highest BCUT2D eigenvalue weighted by molar-refractivity contribution is 5.29. The fraction of sp³-hybridized carbons (Fsp3) is 0.538. The number of hydrogen-bond acceptors (Lipinski definition) is 4. The van der Waals surface area contributed by atoms with Gasteiger partial charge < -0.3 is 9.47 Å². The van der Waals surface area contributed by atoms with Gasteiger partial charge in [-0.25, -0.2) is 0 Å². The van der Waals surface area contributed by atoms with Crippen LogP contribution in [0.15, 0.2) is 24.3 Å². The molecule has 0 heterocycles. The number of hydrogen-bond donors (Lipinski definition) is 2. The molecule has 0 bridgehead atoms. The van der Waals surface area contributed by atoms with Gasteiger partial charge in [-0.2, -0.15) is 0 Å². The first-order valence-corrected chi connectivity index (χ1v) is 5.98. The minimum atomic E-state index is 0.00542. The molecule has 1 rings (SSSR count). The van der Waals surface area contributed by atoms with Gasteiger partial charge in [-0.3, -0.25) is 11.3 Å². The molecule has 0 aromatic heterocycles. The minimum absolute atomic E-state index is 0.00542. The molecule has 0 fully saturated rings. The van der Waals surface area contributed by atoms with Crippen molar-refractivity contribution in [2.45, 2.75) is 32.4 Å². The molecule has 0 saturated heterocycles. The second-order valence-electron chi connectivity index (χ2n) is 3.82. The summed E-state index contributed by atoms with van der Waals surface area (Å²) in [5.74, 6) is 6.46. The van der Waals surface area contributed by atoms with Crippen molar-refractivity contribution in [3.63, 3.8) is 0 Å². The maximum Gasteiger partial charge on any atom is 0.118 e. The van der Waals surface area contributed by atoms with Gasteiger partial charge in [0.1, 0.15) is 5.75 Å². The molecule has 0 spiro atoms. The van der Waals surface area contributed by atoms with E-state index in [-0.39, 0.29) is 12.1 Å². The molecule has 96 valence electrons. The molecular formula is C13H22N2O2. The standard InChI is InChI=1S/C13H22N2O2/c1-4-12(17-5-2)13(15-14)10-6-8-11(16-3)9-7-10/h6-9,12-13,15H,4-5,14H2,1-3H3. The summed E-state index contributed by atoms with van der Waals surface area (Å²) in [7, 11) is 1.66. The van der Waals surface area contributed by atoms with E-state index in [2.05, 4.69) is 12.3 Å². The number of benzene rings is 1. The van der Waals surface area contributed by atoms with Crippen molar-refractivity contribution in [3.8, 4) is 5.75 Å². The number of nitrogens with two attached hydrogens (primary N) is 1. The Hall–Kier alpha value is -1.10. The first-order valence-electron chi connectivity index (χ1n) is 5.98. The number of methoxy groups -OCH3 is 1. The molecule has 2 atom stereocenters.